The molecule has 2 aromatic rings. The minimum atomic E-state index is -0.406. The standard InChI is InChI=1S/C15H19N3O4/c1-10-11(4-8-21-10)12-9-14(18(17-12)5-6-19)16-15(20)13-3-2-7-22-13/h4,8-9,13,19H,2-3,5-7H2,1H3,(H,16,20)/t13-/m0/s1. The number of hydrogen-bond acceptors (Lipinski definition) is 5. The first-order valence-electron chi connectivity index (χ1n) is 7.34. The van der Waals surface area contributed by atoms with Gasteiger partial charge in [0.15, 0.2) is 0 Å². The van der Waals surface area contributed by atoms with E-state index in [4.69, 9.17) is 14.3 Å². The maximum Gasteiger partial charge on any atom is 0.254 e. The number of aliphatic hydroxyl groups excluding tert-OH is 1. The summed E-state index contributed by atoms with van der Waals surface area (Å²) in [4.78, 5) is 12.2. The first-order valence-corrected chi connectivity index (χ1v) is 7.34. The highest BCUT2D eigenvalue weighted by atomic mass is 16.5. The molecule has 0 unspecified atom stereocenters. The van der Waals surface area contributed by atoms with Crippen LogP contribution >= 0.6 is 0 Å². The number of aryl methyl sites for hydroxylation is 1. The molecule has 3 heterocycles. The van der Waals surface area contributed by atoms with Crippen molar-refractivity contribution >= 4 is 11.7 Å². The fourth-order valence-electron chi connectivity index (χ4n) is 2.56. The lowest BCUT2D eigenvalue weighted by molar-refractivity contribution is -0.124. The van der Waals surface area contributed by atoms with Crippen molar-refractivity contribution in [2.45, 2.75) is 32.4 Å². The molecule has 0 aliphatic carbocycles. The van der Waals surface area contributed by atoms with Gasteiger partial charge < -0.3 is 19.6 Å². The van der Waals surface area contributed by atoms with E-state index in [1.54, 1.807) is 17.0 Å². The Balaban J connectivity index is 1.84. The van der Waals surface area contributed by atoms with E-state index < -0.39 is 6.10 Å². The van der Waals surface area contributed by atoms with Gasteiger partial charge in [0.05, 0.1) is 25.1 Å². The Bertz CT molecular complexity index is 656. The van der Waals surface area contributed by atoms with Crippen molar-refractivity contribution in [1.29, 1.82) is 0 Å². The van der Waals surface area contributed by atoms with Crippen molar-refractivity contribution in [2.24, 2.45) is 0 Å². The molecule has 7 nitrogen and oxygen atoms in total. The highest BCUT2D eigenvalue weighted by Crippen LogP contribution is 2.26. The maximum atomic E-state index is 12.2. The van der Waals surface area contributed by atoms with Crippen LogP contribution in [-0.4, -0.2) is 40.1 Å². The molecule has 1 aliphatic rings. The van der Waals surface area contributed by atoms with Crippen LogP contribution in [0.1, 0.15) is 18.6 Å². The lowest BCUT2D eigenvalue weighted by Crippen LogP contribution is -2.28. The summed E-state index contributed by atoms with van der Waals surface area (Å²) in [7, 11) is 0. The van der Waals surface area contributed by atoms with Gasteiger partial charge in [-0.1, -0.05) is 0 Å². The number of hydrogen-bond donors (Lipinski definition) is 2. The Labute approximate surface area is 127 Å². The van der Waals surface area contributed by atoms with Crippen LogP contribution in [0.4, 0.5) is 5.82 Å². The highest BCUT2D eigenvalue weighted by molar-refractivity contribution is 5.94. The number of nitrogens with zero attached hydrogens (tertiary/aromatic N) is 2. The van der Waals surface area contributed by atoms with Crippen molar-refractivity contribution in [3.63, 3.8) is 0 Å². The van der Waals surface area contributed by atoms with E-state index in [9.17, 15) is 4.79 Å². The van der Waals surface area contributed by atoms with Gasteiger partial charge in [0.25, 0.3) is 5.91 Å². The number of ether oxygens (including phenoxy) is 1. The highest BCUT2D eigenvalue weighted by Gasteiger charge is 2.25. The molecule has 2 aromatic heterocycles. The third-order valence-electron chi connectivity index (χ3n) is 3.70. The van der Waals surface area contributed by atoms with Crippen LogP contribution in [0.2, 0.25) is 0 Å². The summed E-state index contributed by atoms with van der Waals surface area (Å²) in [5, 5.41) is 16.4. The van der Waals surface area contributed by atoms with Gasteiger partial charge in [-0.05, 0) is 25.8 Å². The molecular weight excluding hydrogens is 286 g/mol. The van der Waals surface area contributed by atoms with Crippen molar-refractivity contribution in [3.8, 4) is 11.3 Å². The molecule has 22 heavy (non-hydrogen) atoms. The second-order valence-electron chi connectivity index (χ2n) is 5.24. The third-order valence-corrected chi connectivity index (χ3v) is 3.70. The van der Waals surface area contributed by atoms with Crippen LogP contribution < -0.4 is 5.32 Å². The summed E-state index contributed by atoms with van der Waals surface area (Å²) in [5.74, 6) is 1.13. The van der Waals surface area contributed by atoms with Gasteiger partial charge in [0.2, 0.25) is 0 Å². The van der Waals surface area contributed by atoms with Gasteiger partial charge in [0, 0.05) is 18.2 Å². The fraction of sp³-hybridized carbons (Fsp3) is 0.467. The number of carbonyl (C=O) groups is 1. The van der Waals surface area contributed by atoms with E-state index in [0.717, 1.165) is 24.2 Å². The zero-order valence-corrected chi connectivity index (χ0v) is 12.4. The van der Waals surface area contributed by atoms with Crippen molar-refractivity contribution in [1.82, 2.24) is 9.78 Å². The van der Waals surface area contributed by atoms with Crippen LogP contribution in [0.25, 0.3) is 11.3 Å². The molecular formula is C15H19N3O4. The molecule has 1 saturated heterocycles. The molecule has 0 spiro atoms. The minimum absolute atomic E-state index is 0.0612. The molecule has 1 fully saturated rings. The average Bonchev–Trinajstić information content (AvgIpc) is 3.20. The zero-order chi connectivity index (χ0) is 15.5. The molecule has 1 atom stereocenters. The molecule has 3 rings (SSSR count). The summed E-state index contributed by atoms with van der Waals surface area (Å²) in [6, 6.07) is 3.60. The predicted molar refractivity (Wildman–Crippen MR) is 79.4 cm³/mol. The second-order valence-corrected chi connectivity index (χ2v) is 5.24. The van der Waals surface area contributed by atoms with E-state index in [1.165, 1.54) is 0 Å². The summed E-state index contributed by atoms with van der Waals surface area (Å²) in [5.41, 5.74) is 1.56. The van der Waals surface area contributed by atoms with Crippen LogP contribution in [0.15, 0.2) is 22.8 Å². The van der Waals surface area contributed by atoms with Gasteiger partial charge in [-0.3, -0.25) is 4.79 Å². The van der Waals surface area contributed by atoms with Crippen LogP contribution in [0.3, 0.4) is 0 Å². The number of aromatic nitrogens is 2. The van der Waals surface area contributed by atoms with Crippen molar-refractivity contribution < 1.29 is 19.1 Å². The number of rotatable bonds is 5. The van der Waals surface area contributed by atoms with E-state index in [2.05, 4.69) is 10.4 Å². The van der Waals surface area contributed by atoms with Crippen molar-refractivity contribution in [2.75, 3.05) is 18.5 Å². The monoisotopic (exact) mass is 305 g/mol. The lowest BCUT2D eigenvalue weighted by Gasteiger charge is -2.11. The number of amides is 1. The average molecular weight is 305 g/mol. The fourth-order valence-corrected chi connectivity index (χ4v) is 2.56. The number of carbonyl (C=O) groups excluding carboxylic acids is 1. The van der Waals surface area contributed by atoms with Crippen LogP contribution in [0.5, 0.6) is 0 Å². The number of furan rings is 1. The molecule has 0 aromatic carbocycles. The zero-order valence-electron chi connectivity index (χ0n) is 12.4. The Morgan fingerprint density at radius 1 is 1.59 bits per heavy atom. The molecule has 118 valence electrons. The van der Waals surface area contributed by atoms with Gasteiger partial charge >= 0.3 is 0 Å². The Morgan fingerprint density at radius 3 is 3.09 bits per heavy atom. The normalized spacial score (nSPS) is 17.8. The number of anilines is 1. The maximum absolute atomic E-state index is 12.2. The summed E-state index contributed by atoms with van der Waals surface area (Å²) < 4.78 is 12.2. The number of aliphatic hydroxyl groups is 1. The second kappa shape index (κ2) is 6.33. The van der Waals surface area contributed by atoms with E-state index in [-0.39, 0.29) is 12.5 Å². The van der Waals surface area contributed by atoms with E-state index >= 15 is 0 Å². The Hall–Kier alpha value is -2.12. The van der Waals surface area contributed by atoms with E-state index in [0.29, 0.717) is 24.7 Å². The van der Waals surface area contributed by atoms with Crippen LogP contribution in [-0.2, 0) is 16.1 Å². The molecule has 1 aliphatic heterocycles. The quantitative estimate of drug-likeness (QED) is 0.875. The number of nitrogens with one attached hydrogen (secondary N) is 1. The molecule has 2 N–H and O–H groups in total. The van der Waals surface area contributed by atoms with Gasteiger partial charge in [-0.15, -0.1) is 0 Å². The molecule has 1 amide bonds. The molecule has 0 radical (unpaired) electrons. The summed E-state index contributed by atoms with van der Waals surface area (Å²) in [6.45, 7) is 2.71. The smallest absolute Gasteiger partial charge is 0.254 e. The molecule has 0 saturated carbocycles. The SMILES string of the molecule is Cc1occc1-c1cc(NC(=O)[C@@H]2CCCO2)n(CCO)n1. The van der Waals surface area contributed by atoms with Crippen molar-refractivity contribution in [3.05, 3.63) is 24.2 Å². The van der Waals surface area contributed by atoms with Crippen LogP contribution in [0, 0.1) is 6.92 Å². The summed E-state index contributed by atoms with van der Waals surface area (Å²) in [6.07, 6.45) is 2.82. The van der Waals surface area contributed by atoms with Gasteiger partial charge in [-0.2, -0.15) is 5.10 Å². The first-order chi connectivity index (χ1) is 10.7. The Kier molecular flexibility index (Phi) is 4.26. The van der Waals surface area contributed by atoms with Gasteiger partial charge in [0.1, 0.15) is 17.7 Å². The molecule has 0 bridgehead atoms. The molecule has 7 heteroatoms. The Morgan fingerprint density at radius 2 is 2.45 bits per heavy atom. The summed E-state index contributed by atoms with van der Waals surface area (Å²) >= 11 is 0. The minimum Gasteiger partial charge on any atom is -0.469 e. The largest absolute Gasteiger partial charge is 0.469 e. The van der Waals surface area contributed by atoms with E-state index in [1.807, 2.05) is 13.0 Å². The third kappa shape index (κ3) is 2.90. The van der Waals surface area contributed by atoms with Gasteiger partial charge in [-0.25, -0.2) is 4.68 Å². The first kappa shape index (κ1) is 14.8. The predicted octanol–water partition coefficient (Wildman–Crippen LogP) is 1.56. The topological polar surface area (TPSA) is 89.5 Å². The lowest BCUT2D eigenvalue weighted by atomic mass is 10.2.